The monoisotopic (exact) mass is 328 g/mol. The maximum Gasteiger partial charge on any atom is 0.151 e. The van der Waals surface area contributed by atoms with Crippen molar-refractivity contribution in [2.45, 2.75) is 25.8 Å². The van der Waals surface area contributed by atoms with Gasteiger partial charge in [0, 0.05) is 5.75 Å². The van der Waals surface area contributed by atoms with Crippen molar-refractivity contribution in [3.63, 3.8) is 0 Å². The van der Waals surface area contributed by atoms with E-state index >= 15 is 0 Å². The van der Waals surface area contributed by atoms with Crippen molar-refractivity contribution >= 4 is 31.7 Å². The van der Waals surface area contributed by atoms with E-state index in [1.165, 1.54) is 9.60 Å². The van der Waals surface area contributed by atoms with Crippen molar-refractivity contribution in [1.29, 1.82) is 0 Å². The van der Waals surface area contributed by atoms with Gasteiger partial charge in [0.1, 0.15) is 6.04 Å². The van der Waals surface area contributed by atoms with E-state index in [9.17, 15) is 13.0 Å². The molecule has 0 saturated carbocycles. The van der Waals surface area contributed by atoms with E-state index in [1.807, 2.05) is 18.2 Å². The Morgan fingerprint density at radius 2 is 2.05 bits per heavy atom. The summed E-state index contributed by atoms with van der Waals surface area (Å²) in [6.45, 7) is 2.95. The average molecular weight is 328 g/mol. The number of thiazole rings is 1. The lowest BCUT2D eigenvalue weighted by atomic mass is 10.2. The highest BCUT2D eigenvalue weighted by molar-refractivity contribution is 7.85. The summed E-state index contributed by atoms with van der Waals surface area (Å²) in [6, 6.07) is 8.32. The fourth-order valence-electron chi connectivity index (χ4n) is 2.19. The van der Waals surface area contributed by atoms with Crippen LogP contribution in [-0.4, -0.2) is 37.3 Å². The first-order chi connectivity index (χ1) is 9.87. The van der Waals surface area contributed by atoms with Crippen LogP contribution in [0.4, 0.5) is 0 Å². The van der Waals surface area contributed by atoms with Gasteiger partial charge in [0.25, 0.3) is 0 Å². The predicted octanol–water partition coefficient (Wildman–Crippen LogP) is 1.20. The summed E-state index contributed by atoms with van der Waals surface area (Å²) in [6.07, 6.45) is 1.15. The van der Waals surface area contributed by atoms with Crippen LogP contribution in [0.5, 0.6) is 0 Å². The van der Waals surface area contributed by atoms with Gasteiger partial charge in [0.05, 0.1) is 33.9 Å². The second-order valence-corrected chi connectivity index (χ2v) is 7.89. The van der Waals surface area contributed by atoms with Crippen LogP contribution in [0.3, 0.4) is 0 Å². The fraction of sp³-hybridized carbons (Fsp3) is 0.500. The number of fused-ring (bicyclic) bond motifs is 1. The van der Waals surface area contributed by atoms with Crippen molar-refractivity contribution in [3.05, 3.63) is 29.3 Å². The summed E-state index contributed by atoms with van der Waals surface area (Å²) in [4.78, 5) is 5.93. The largest absolute Gasteiger partial charge is 0.748 e. The Kier molecular flexibility index (Phi) is 5.32. The summed E-state index contributed by atoms with van der Waals surface area (Å²) in [7, 11) is -2.01. The molecular weight excluding hydrogens is 308 g/mol. The van der Waals surface area contributed by atoms with Gasteiger partial charge in [0.2, 0.25) is 0 Å². The van der Waals surface area contributed by atoms with Gasteiger partial charge < -0.3 is 9.45 Å². The summed E-state index contributed by atoms with van der Waals surface area (Å²) in [5, 5.41) is 1.09. The number of rotatable bonds is 7. The van der Waals surface area contributed by atoms with Crippen LogP contribution >= 0.6 is 11.3 Å². The van der Waals surface area contributed by atoms with Gasteiger partial charge in [-0.3, -0.25) is 0 Å². The number of hydrogen-bond acceptors (Lipinski definition) is 5. The van der Waals surface area contributed by atoms with Crippen molar-refractivity contribution in [2.75, 3.05) is 19.3 Å². The minimum atomic E-state index is -4.08. The van der Waals surface area contributed by atoms with Crippen LogP contribution in [0.1, 0.15) is 30.8 Å². The molecule has 0 spiro atoms. The highest BCUT2D eigenvalue weighted by Gasteiger charge is 2.19. The zero-order valence-corrected chi connectivity index (χ0v) is 13.8. The summed E-state index contributed by atoms with van der Waals surface area (Å²) in [5.41, 5.74) is 1.02. The smallest absolute Gasteiger partial charge is 0.151 e. The van der Waals surface area contributed by atoms with Gasteiger partial charge in [-0.2, -0.15) is 0 Å². The number of hydrogen-bond donors (Lipinski definition) is 1. The Hall–Kier alpha value is -1.02. The molecule has 1 N–H and O–H groups in total. The molecule has 7 heteroatoms. The maximum absolute atomic E-state index is 10.6. The lowest BCUT2D eigenvalue weighted by Crippen LogP contribution is -3.09. The minimum absolute atomic E-state index is 0.256. The molecule has 5 nitrogen and oxygen atoms in total. The number of unbranched alkanes of at least 4 members (excludes halogenated alkanes) is 1. The standard InChI is InChI=1S/C14H20N2O3S2/c1-11(16(2)9-5-6-10-21(17,18)19)14-15-12-7-3-4-8-13(12)20-14/h3-4,7-8,11H,5-6,9-10H2,1-2H3,(H,17,18,19)/t11-/m1/s1. The third-order valence-corrected chi connectivity index (χ3v) is 5.64. The molecule has 0 aliphatic rings. The number of nitrogens with zero attached hydrogens (tertiary/aromatic N) is 1. The molecule has 0 amide bonds. The molecule has 0 aliphatic carbocycles. The quantitative estimate of drug-likeness (QED) is 0.612. The molecule has 0 aliphatic heterocycles. The first-order valence-corrected chi connectivity index (χ1v) is 9.37. The van der Waals surface area contributed by atoms with E-state index in [0.717, 1.165) is 23.5 Å². The molecule has 0 fully saturated rings. The molecule has 1 heterocycles. The van der Waals surface area contributed by atoms with Gasteiger partial charge in [0.15, 0.2) is 5.01 Å². The molecule has 21 heavy (non-hydrogen) atoms. The highest BCUT2D eigenvalue weighted by atomic mass is 32.2. The first-order valence-electron chi connectivity index (χ1n) is 6.98. The van der Waals surface area contributed by atoms with Crippen LogP contribution in [0.15, 0.2) is 24.3 Å². The minimum Gasteiger partial charge on any atom is -0.748 e. The summed E-state index contributed by atoms with van der Waals surface area (Å²) >= 11 is 1.70. The third-order valence-electron chi connectivity index (χ3n) is 3.64. The molecule has 2 rings (SSSR count). The Bertz CT molecular complexity index is 664. The Morgan fingerprint density at radius 3 is 2.71 bits per heavy atom. The summed E-state index contributed by atoms with van der Waals surface area (Å²) in [5.74, 6) is -0.268. The number of benzene rings is 1. The SMILES string of the molecule is C[C@H](c1nc2ccccc2s1)[NH+](C)CCCCS(=O)(=O)[O-]. The van der Waals surface area contributed by atoms with Gasteiger partial charge in [-0.15, -0.1) is 11.3 Å². The normalized spacial score (nSPS) is 15.2. The van der Waals surface area contributed by atoms with Crippen molar-refractivity contribution in [2.24, 2.45) is 0 Å². The second-order valence-electron chi connectivity index (χ2n) is 5.31. The number of para-hydroxylation sites is 1. The van der Waals surface area contributed by atoms with Gasteiger partial charge in [-0.1, -0.05) is 12.1 Å². The van der Waals surface area contributed by atoms with Crippen molar-refractivity contribution in [3.8, 4) is 0 Å². The van der Waals surface area contributed by atoms with Gasteiger partial charge >= 0.3 is 0 Å². The zero-order valence-electron chi connectivity index (χ0n) is 12.2. The molecule has 1 unspecified atom stereocenters. The van der Waals surface area contributed by atoms with Crippen LogP contribution < -0.4 is 4.90 Å². The Morgan fingerprint density at radius 1 is 1.33 bits per heavy atom. The molecule has 2 aromatic rings. The van der Waals surface area contributed by atoms with Crippen LogP contribution in [0.25, 0.3) is 10.2 Å². The molecule has 0 radical (unpaired) electrons. The fourth-order valence-corrected chi connectivity index (χ4v) is 3.86. The van der Waals surface area contributed by atoms with Crippen LogP contribution in [0.2, 0.25) is 0 Å². The summed E-state index contributed by atoms with van der Waals surface area (Å²) < 4.78 is 32.9. The van der Waals surface area contributed by atoms with Gasteiger partial charge in [-0.05, 0) is 31.9 Å². The van der Waals surface area contributed by atoms with Crippen molar-refractivity contribution in [1.82, 2.24) is 4.98 Å². The lowest BCUT2D eigenvalue weighted by Gasteiger charge is -2.20. The Labute approximate surface area is 129 Å². The molecule has 0 bridgehead atoms. The van der Waals surface area contributed by atoms with Crippen LogP contribution in [0, 0.1) is 0 Å². The van der Waals surface area contributed by atoms with Crippen molar-refractivity contribution < 1.29 is 17.9 Å². The number of nitrogens with one attached hydrogen (secondary N) is 1. The first kappa shape index (κ1) is 16.4. The van der Waals surface area contributed by atoms with E-state index in [-0.39, 0.29) is 11.8 Å². The molecular formula is C14H20N2O3S2. The molecule has 1 aromatic carbocycles. The lowest BCUT2D eigenvalue weighted by molar-refractivity contribution is -0.910. The average Bonchev–Trinajstić information content (AvgIpc) is 2.85. The highest BCUT2D eigenvalue weighted by Crippen LogP contribution is 2.24. The van der Waals surface area contributed by atoms with E-state index in [1.54, 1.807) is 11.3 Å². The van der Waals surface area contributed by atoms with Gasteiger partial charge in [-0.25, -0.2) is 13.4 Å². The second kappa shape index (κ2) is 6.83. The molecule has 1 aromatic heterocycles. The van der Waals surface area contributed by atoms with E-state index in [4.69, 9.17) is 0 Å². The van der Waals surface area contributed by atoms with E-state index < -0.39 is 10.1 Å². The maximum atomic E-state index is 10.6. The zero-order chi connectivity index (χ0) is 15.5. The van der Waals surface area contributed by atoms with Crippen LogP contribution in [-0.2, 0) is 10.1 Å². The molecule has 116 valence electrons. The number of aromatic nitrogens is 1. The predicted molar refractivity (Wildman–Crippen MR) is 83.6 cm³/mol. The topological polar surface area (TPSA) is 74.5 Å². The molecule has 0 saturated heterocycles. The Balaban J connectivity index is 1.91. The van der Waals surface area contributed by atoms with E-state index in [2.05, 4.69) is 25.0 Å². The third kappa shape index (κ3) is 4.74. The number of quaternary nitrogens is 1. The van der Waals surface area contributed by atoms with E-state index in [0.29, 0.717) is 6.42 Å². The molecule has 2 atom stereocenters.